The number of fused-ring (bicyclic) bond motifs is 1. The number of hydrogen-bond donors (Lipinski definition) is 4. The molecule has 5 N–H and O–H groups in total. The number of aromatic nitrogens is 3. The van der Waals surface area contributed by atoms with Gasteiger partial charge in [0.1, 0.15) is 33.8 Å². The van der Waals surface area contributed by atoms with Gasteiger partial charge < -0.3 is 30.8 Å². The molecule has 1 aliphatic heterocycles. The first-order valence-corrected chi connectivity index (χ1v) is 13.4. The number of hydrogen-bond acceptors (Lipinski definition) is 8. The van der Waals surface area contributed by atoms with Gasteiger partial charge in [-0.2, -0.15) is 0 Å². The van der Waals surface area contributed by atoms with Crippen molar-refractivity contribution in [2.24, 2.45) is 5.73 Å². The van der Waals surface area contributed by atoms with Crippen LogP contribution in [0.2, 0.25) is 5.02 Å². The monoisotopic (exact) mass is 567 g/mol. The molecule has 3 aromatic heterocycles. The number of amides is 3. The Hall–Kier alpha value is -4.00. The van der Waals surface area contributed by atoms with E-state index in [2.05, 4.69) is 20.6 Å². The Bertz CT molecular complexity index is 1540. The normalized spacial score (nSPS) is 17.8. The van der Waals surface area contributed by atoms with Crippen LogP contribution in [0.15, 0.2) is 54.2 Å². The second-order valence-corrected chi connectivity index (χ2v) is 10.6. The van der Waals surface area contributed by atoms with Crippen molar-refractivity contribution in [1.29, 1.82) is 0 Å². The number of phenols is 1. The standard InChI is InChI=1S/C26H26ClN7O4S/c1-29-23(36)18(8-14-2-5-17(35)6-3-14)31-24(37)20-13-39-25(32-20)21-9-16(28)11-34(21)26(38)19-12-33-10-15(27)4-7-22(33)30-19/h2-7,10,12-13,16,18,21,35H,8-9,11,28H2,1H3,(H,29,36)(H,31,37)/t16-,18?,21+/m1/s1. The highest BCUT2D eigenvalue weighted by molar-refractivity contribution is 7.09. The minimum absolute atomic E-state index is 0.110. The molecular weight excluding hydrogens is 542 g/mol. The number of phenolic OH excluding ortho intramolecular Hbond substituents is 1. The molecule has 4 aromatic rings. The Morgan fingerprint density at radius 3 is 2.67 bits per heavy atom. The third kappa shape index (κ3) is 5.72. The average Bonchev–Trinajstić information content (AvgIpc) is 3.66. The number of likely N-dealkylation sites (tertiary alicyclic amines) is 1. The van der Waals surface area contributed by atoms with Gasteiger partial charge in [0.05, 0.1) is 11.1 Å². The number of halogens is 1. The van der Waals surface area contributed by atoms with Gasteiger partial charge >= 0.3 is 0 Å². The molecule has 5 rings (SSSR count). The number of aromatic hydroxyl groups is 1. The fourth-order valence-corrected chi connectivity index (χ4v) is 5.66. The summed E-state index contributed by atoms with van der Waals surface area (Å²) in [4.78, 5) is 49.5. The lowest BCUT2D eigenvalue weighted by Gasteiger charge is -2.22. The Labute approximate surface area is 232 Å². The summed E-state index contributed by atoms with van der Waals surface area (Å²) in [6, 6.07) is 8.32. The van der Waals surface area contributed by atoms with E-state index in [1.165, 1.54) is 30.5 Å². The van der Waals surface area contributed by atoms with Crippen molar-refractivity contribution < 1.29 is 19.5 Å². The molecule has 1 saturated heterocycles. The molecule has 0 saturated carbocycles. The number of benzene rings is 1. The molecule has 11 nitrogen and oxygen atoms in total. The summed E-state index contributed by atoms with van der Waals surface area (Å²) >= 11 is 7.31. The van der Waals surface area contributed by atoms with Crippen molar-refractivity contribution in [2.75, 3.05) is 13.6 Å². The van der Waals surface area contributed by atoms with E-state index in [1.807, 2.05) is 0 Å². The van der Waals surface area contributed by atoms with Crippen molar-refractivity contribution >= 4 is 46.3 Å². The van der Waals surface area contributed by atoms with Gasteiger partial charge in [-0.1, -0.05) is 23.7 Å². The lowest BCUT2D eigenvalue weighted by Crippen LogP contribution is -2.47. The molecular formula is C26H26ClN7O4S. The van der Waals surface area contributed by atoms with Crippen LogP contribution in [0, 0.1) is 0 Å². The maximum absolute atomic E-state index is 13.4. The Morgan fingerprint density at radius 2 is 1.92 bits per heavy atom. The first-order valence-electron chi connectivity index (χ1n) is 12.2. The zero-order valence-electron chi connectivity index (χ0n) is 20.9. The molecule has 0 bridgehead atoms. The summed E-state index contributed by atoms with van der Waals surface area (Å²) in [5.41, 5.74) is 7.99. The summed E-state index contributed by atoms with van der Waals surface area (Å²) in [7, 11) is 1.49. The Morgan fingerprint density at radius 1 is 1.15 bits per heavy atom. The number of nitrogens with one attached hydrogen (secondary N) is 2. The van der Waals surface area contributed by atoms with E-state index in [0.717, 1.165) is 5.56 Å². The van der Waals surface area contributed by atoms with E-state index < -0.39 is 18.0 Å². The summed E-state index contributed by atoms with van der Waals surface area (Å²) < 4.78 is 1.69. The average molecular weight is 568 g/mol. The van der Waals surface area contributed by atoms with E-state index in [-0.39, 0.29) is 41.4 Å². The first-order chi connectivity index (χ1) is 18.7. The third-order valence-electron chi connectivity index (χ3n) is 6.51. The van der Waals surface area contributed by atoms with Gasteiger partial charge in [0.15, 0.2) is 0 Å². The second kappa shape index (κ2) is 11.0. The SMILES string of the molecule is CNC(=O)C(Cc1ccc(O)cc1)NC(=O)c1csc([C@@H]2C[C@@H](N)CN2C(=O)c2cn3cc(Cl)ccc3n2)n1. The largest absolute Gasteiger partial charge is 0.508 e. The predicted molar refractivity (Wildman–Crippen MR) is 146 cm³/mol. The van der Waals surface area contributed by atoms with Gasteiger partial charge in [-0.3, -0.25) is 14.4 Å². The highest BCUT2D eigenvalue weighted by Crippen LogP contribution is 2.34. The lowest BCUT2D eigenvalue weighted by molar-refractivity contribution is -0.122. The van der Waals surface area contributed by atoms with Gasteiger partial charge in [-0.25, -0.2) is 9.97 Å². The predicted octanol–water partition coefficient (Wildman–Crippen LogP) is 2.15. The Kier molecular flexibility index (Phi) is 7.51. The van der Waals surface area contributed by atoms with Gasteiger partial charge in [0.2, 0.25) is 5.91 Å². The van der Waals surface area contributed by atoms with Crippen molar-refractivity contribution in [3.05, 3.63) is 81.2 Å². The molecule has 1 unspecified atom stereocenters. The first kappa shape index (κ1) is 26.6. The molecule has 202 valence electrons. The highest BCUT2D eigenvalue weighted by Gasteiger charge is 2.38. The van der Waals surface area contributed by atoms with E-state index >= 15 is 0 Å². The molecule has 1 aliphatic rings. The smallest absolute Gasteiger partial charge is 0.274 e. The van der Waals surface area contributed by atoms with Gasteiger partial charge in [0.25, 0.3) is 11.8 Å². The molecule has 0 radical (unpaired) electrons. The molecule has 0 spiro atoms. The van der Waals surface area contributed by atoms with Crippen LogP contribution in [0.4, 0.5) is 0 Å². The number of nitrogens with two attached hydrogens (primary N) is 1. The van der Waals surface area contributed by atoms with Gasteiger partial charge in [-0.15, -0.1) is 11.3 Å². The molecule has 4 heterocycles. The number of likely N-dealkylation sites (N-methyl/N-ethyl adjacent to an activating group) is 1. The topological polar surface area (TPSA) is 155 Å². The van der Waals surface area contributed by atoms with Crippen LogP contribution in [0.1, 0.15) is 44.0 Å². The van der Waals surface area contributed by atoms with Gasteiger partial charge in [-0.05, 0) is 36.2 Å². The van der Waals surface area contributed by atoms with Crippen molar-refractivity contribution in [1.82, 2.24) is 29.9 Å². The summed E-state index contributed by atoms with van der Waals surface area (Å²) in [6.45, 7) is 0.324. The zero-order chi connectivity index (χ0) is 27.7. The van der Waals surface area contributed by atoms with Crippen LogP contribution in [-0.4, -0.2) is 67.8 Å². The van der Waals surface area contributed by atoms with Crippen LogP contribution in [0.25, 0.3) is 5.65 Å². The summed E-state index contributed by atoms with van der Waals surface area (Å²) in [5, 5.41) is 17.5. The van der Waals surface area contributed by atoms with Gasteiger partial charge in [0, 0.05) is 43.8 Å². The maximum atomic E-state index is 13.4. The Balaban J connectivity index is 1.32. The fraction of sp³-hybridized carbons (Fsp3) is 0.269. The fourth-order valence-electron chi connectivity index (χ4n) is 4.57. The minimum atomic E-state index is -0.848. The van der Waals surface area contributed by atoms with E-state index in [1.54, 1.807) is 51.3 Å². The number of imidazole rings is 1. The third-order valence-corrected chi connectivity index (χ3v) is 7.68. The van der Waals surface area contributed by atoms with Crippen molar-refractivity contribution in [3.8, 4) is 5.75 Å². The number of carbonyl (C=O) groups is 3. The zero-order valence-corrected chi connectivity index (χ0v) is 22.4. The van der Waals surface area contributed by atoms with E-state index in [4.69, 9.17) is 17.3 Å². The van der Waals surface area contributed by atoms with Crippen LogP contribution in [-0.2, 0) is 11.2 Å². The summed E-state index contributed by atoms with van der Waals surface area (Å²) in [6.07, 6.45) is 4.01. The highest BCUT2D eigenvalue weighted by atomic mass is 35.5. The molecule has 1 fully saturated rings. The van der Waals surface area contributed by atoms with Crippen LogP contribution in [0.3, 0.4) is 0 Å². The van der Waals surface area contributed by atoms with Crippen LogP contribution < -0.4 is 16.4 Å². The molecule has 3 amide bonds. The molecule has 3 atom stereocenters. The maximum Gasteiger partial charge on any atom is 0.274 e. The number of rotatable bonds is 7. The number of pyridine rings is 1. The van der Waals surface area contributed by atoms with E-state index in [0.29, 0.717) is 28.6 Å². The lowest BCUT2D eigenvalue weighted by atomic mass is 10.0. The van der Waals surface area contributed by atoms with Crippen molar-refractivity contribution in [2.45, 2.75) is 31.0 Å². The number of thiazole rings is 1. The number of nitrogens with zero attached hydrogens (tertiary/aromatic N) is 4. The molecule has 13 heteroatoms. The molecule has 0 aliphatic carbocycles. The van der Waals surface area contributed by atoms with Crippen LogP contribution in [0.5, 0.6) is 5.75 Å². The summed E-state index contributed by atoms with van der Waals surface area (Å²) in [5.74, 6) is -1.05. The van der Waals surface area contributed by atoms with Crippen molar-refractivity contribution in [3.63, 3.8) is 0 Å². The molecule has 39 heavy (non-hydrogen) atoms. The minimum Gasteiger partial charge on any atom is -0.508 e. The molecule has 1 aromatic carbocycles. The number of carbonyl (C=O) groups excluding carboxylic acids is 3. The van der Waals surface area contributed by atoms with E-state index in [9.17, 15) is 19.5 Å². The quantitative estimate of drug-likeness (QED) is 0.267. The van der Waals surface area contributed by atoms with Crippen LogP contribution >= 0.6 is 22.9 Å². The second-order valence-electron chi connectivity index (χ2n) is 9.29.